The van der Waals surface area contributed by atoms with Crippen LogP contribution in [-0.2, 0) is 17.1 Å². The summed E-state index contributed by atoms with van der Waals surface area (Å²) < 4.78 is 0. The van der Waals surface area contributed by atoms with Gasteiger partial charge in [-0.1, -0.05) is 36.4 Å². The molecule has 0 fully saturated rings. The van der Waals surface area contributed by atoms with Crippen molar-refractivity contribution in [3.05, 3.63) is 97.9 Å². The summed E-state index contributed by atoms with van der Waals surface area (Å²) in [6, 6.07) is 31.4. The van der Waals surface area contributed by atoms with Crippen molar-refractivity contribution in [3.63, 3.8) is 0 Å². The molecule has 3 aromatic carbocycles. The van der Waals surface area contributed by atoms with Gasteiger partial charge in [-0.3, -0.25) is 0 Å². The smallest absolute Gasteiger partial charge is 0.346 e. The Bertz CT molecular complexity index is 530. The molecule has 138 valence electrons. The third-order valence-corrected chi connectivity index (χ3v) is 6.23. The van der Waals surface area contributed by atoms with E-state index in [0.29, 0.717) is 0 Å². The molecule has 0 heterocycles. The maximum atomic E-state index is 3.25. The van der Waals surface area contributed by atoms with E-state index in [4.69, 9.17) is 0 Å². The van der Waals surface area contributed by atoms with Crippen molar-refractivity contribution in [2.45, 2.75) is 6.92 Å². The minimum Gasteiger partial charge on any atom is -0.346 e. The number of hydrogen-bond donors (Lipinski definition) is 0. The van der Waals surface area contributed by atoms with Gasteiger partial charge in [0.15, 0.2) is 0 Å². The predicted octanol–water partition coefficient (Wildman–Crippen LogP) is 5.81. The second-order valence-electron chi connectivity index (χ2n) is 5.69. The molecule has 0 aliphatic heterocycles. The Morgan fingerprint density at radius 3 is 1.04 bits per heavy atom. The van der Waals surface area contributed by atoms with Crippen LogP contribution >= 0.6 is 15.8 Å². The summed E-state index contributed by atoms with van der Waals surface area (Å²) in [6.07, 6.45) is 0. The van der Waals surface area contributed by atoms with Gasteiger partial charge in [-0.2, -0.15) is 25.1 Å². The summed E-state index contributed by atoms with van der Waals surface area (Å²) in [5.41, 5.74) is 0. The third kappa shape index (κ3) is 14.4. The molecule has 26 heavy (non-hydrogen) atoms. The van der Waals surface area contributed by atoms with Crippen molar-refractivity contribution in [1.29, 1.82) is 0 Å². The molecule has 0 aliphatic carbocycles. The molecule has 3 rings (SSSR count). The molecule has 3 aromatic rings. The predicted molar refractivity (Wildman–Crippen MR) is 126 cm³/mol. The zero-order valence-corrected chi connectivity index (χ0v) is 19.8. The van der Waals surface area contributed by atoms with E-state index in [1.165, 1.54) is 10.6 Å². The topological polar surface area (TPSA) is 0 Å². The van der Waals surface area contributed by atoms with Crippen LogP contribution in [0.15, 0.2) is 91.0 Å². The average molecular weight is 428 g/mol. The van der Waals surface area contributed by atoms with E-state index in [-0.39, 0.29) is 32.9 Å². The first-order chi connectivity index (χ1) is 12.1. The van der Waals surface area contributed by atoms with Crippen LogP contribution in [0.5, 0.6) is 0 Å². The summed E-state index contributed by atoms with van der Waals surface area (Å²) in [4.78, 5) is 0. The Labute approximate surface area is 174 Å². The van der Waals surface area contributed by atoms with Crippen LogP contribution in [0, 0.1) is 6.92 Å². The maximum absolute atomic E-state index is 3.25. The van der Waals surface area contributed by atoms with E-state index in [2.05, 4.69) is 94.2 Å². The summed E-state index contributed by atoms with van der Waals surface area (Å²) >= 11 is 0. The fraction of sp³-hybridized carbons (Fsp3) is 0.217. The van der Waals surface area contributed by atoms with E-state index in [0.717, 1.165) is 0 Å². The minimum absolute atomic E-state index is 0. The van der Waals surface area contributed by atoms with Gasteiger partial charge in [-0.15, -0.1) is 0 Å². The van der Waals surface area contributed by atoms with Crippen LogP contribution in [0.3, 0.4) is 0 Å². The quantitative estimate of drug-likeness (QED) is 0.274. The first-order valence-corrected chi connectivity index (χ1v) is 13.7. The molecule has 0 atom stereocenters. The van der Waals surface area contributed by atoms with Gasteiger partial charge in [0, 0.05) is 15.8 Å². The van der Waals surface area contributed by atoms with Gasteiger partial charge in [0.05, 0.1) is 37.3 Å². The van der Waals surface area contributed by atoms with Crippen LogP contribution in [0.1, 0.15) is 6.92 Å². The molecule has 3 heteroatoms. The van der Waals surface area contributed by atoms with Crippen molar-refractivity contribution in [1.82, 2.24) is 0 Å². The molecule has 0 nitrogen and oxygen atoms in total. The molecule has 0 unspecified atom stereocenters. The zero-order valence-electron chi connectivity index (χ0n) is 16.7. The van der Waals surface area contributed by atoms with E-state index < -0.39 is 0 Å². The van der Waals surface area contributed by atoms with Gasteiger partial charge in [0.2, 0.25) is 0 Å². The van der Waals surface area contributed by atoms with E-state index in [1.807, 2.05) is 30.3 Å². The maximum Gasteiger partial charge on any atom is 6.00 e. The molecular weight excluding hydrogens is 394 g/mol. The molecule has 0 bridgehead atoms. The van der Waals surface area contributed by atoms with Crippen molar-refractivity contribution in [2.75, 3.05) is 26.7 Å². The van der Waals surface area contributed by atoms with Crippen molar-refractivity contribution in [3.8, 4) is 0 Å². The van der Waals surface area contributed by atoms with E-state index in [1.54, 1.807) is 6.92 Å². The normalized spacial score (nSPS) is 8.77. The molecule has 0 amide bonds. The second kappa shape index (κ2) is 18.9. The Morgan fingerprint density at radius 2 is 0.885 bits per heavy atom. The fourth-order valence-corrected chi connectivity index (χ4v) is 3.58. The zero-order chi connectivity index (χ0) is 18.9. The Hall–Kier alpha value is -0.831. The summed E-state index contributed by atoms with van der Waals surface area (Å²) in [5, 5.41) is 3.03. The largest absolute Gasteiger partial charge is 6.00 e. The Morgan fingerprint density at radius 1 is 0.577 bits per heavy atom. The second-order valence-corrected chi connectivity index (χ2v) is 10.8. The van der Waals surface area contributed by atoms with Gasteiger partial charge >= 0.3 is 17.1 Å². The summed E-state index contributed by atoms with van der Waals surface area (Å²) in [5.74, 6) is 0. The van der Waals surface area contributed by atoms with Crippen LogP contribution in [0.4, 0.5) is 0 Å². The van der Waals surface area contributed by atoms with E-state index in [9.17, 15) is 0 Å². The SMILES string of the molecule is C[PH+](C)c1ccccc1.C[PH+](C)c1ccccc1.[CH2-]C.[Fe+6].c1cc[cH-]c1. The molecule has 0 saturated carbocycles. The third-order valence-electron chi connectivity index (χ3n) is 3.26. The Kier molecular flexibility index (Phi) is 20.0. The molecule has 0 aromatic heterocycles. The van der Waals surface area contributed by atoms with Crippen LogP contribution in [0.25, 0.3) is 0 Å². The van der Waals surface area contributed by atoms with Crippen molar-refractivity contribution < 1.29 is 17.1 Å². The van der Waals surface area contributed by atoms with Gasteiger partial charge in [0.25, 0.3) is 0 Å². The molecule has 0 saturated heterocycles. The van der Waals surface area contributed by atoms with Crippen LogP contribution < -0.4 is 10.6 Å². The standard InChI is InChI=1S/2C8H11P.C5H5.C2H5.Fe/c2*1-9(2)8-6-4-3-5-7-8;1-2-4-5-3-1;1-2;/h2*3-7H,1-2H3;1-5H;1H2,2H3;/q;;2*-1;+6/p+2. The first kappa shape index (κ1) is 27.4. The van der Waals surface area contributed by atoms with Crippen molar-refractivity contribution in [2.24, 2.45) is 0 Å². The van der Waals surface area contributed by atoms with Crippen LogP contribution in [-0.4, -0.2) is 26.7 Å². The molecule has 0 N–H and O–H groups in total. The molecule has 0 aliphatic rings. The Balaban J connectivity index is 0. The number of hydrogen-bond acceptors (Lipinski definition) is 0. The van der Waals surface area contributed by atoms with E-state index >= 15 is 0 Å². The van der Waals surface area contributed by atoms with Crippen molar-refractivity contribution >= 4 is 26.5 Å². The molecule has 0 radical (unpaired) electrons. The van der Waals surface area contributed by atoms with Gasteiger partial charge in [-0.05, 0) is 24.3 Å². The van der Waals surface area contributed by atoms with Gasteiger partial charge < -0.3 is 6.92 Å². The van der Waals surface area contributed by atoms with Gasteiger partial charge in [-0.25, -0.2) is 12.1 Å². The summed E-state index contributed by atoms with van der Waals surface area (Å²) in [7, 11) is -0.424. The average Bonchev–Trinajstić information content (AvgIpc) is 3.25. The fourth-order valence-electron chi connectivity index (χ4n) is 1.86. The molecular formula is C23H34FeP2+6. The number of benzene rings is 2. The minimum atomic E-state index is -0.212. The molecule has 0 spiro atoms. The monoisotopic (exact) mass is 428 g/mol. The van der Waals surface area contributed by atoms with Crippen LogP contribution in [0.2, 0.25) is 0 Å². The number of rotatable bonds is 2. The summed E-state index contributed by atoms with van der Waals surface area (Å²) in [6.45, 7) is 14.2. The first-order valence-electron chi connectivity index (χ1n) is 8.70. The van der Waals surface area contributed by atoms with Gasteiger partial charge in [0.1, 0.15) is 0 Å².